The Morgan fingerprint density at radius 2 is 2.38 bits per heavy atom. The lowest BCUT2D eigenvalue weighted by atomic mass is 10.2. The minimum atomic E-state index is -0.733. The van der Waals surface area contributed by atoms with Crippen LogP contribution in [-0.4, -0.2) is 43.7 Å². The van der Waals surface area contributed by atoms with Crippen LogP contribution in [0.3, 0.4) is 0 Å². The predicted octanol–water partition coefficient (Wildman–Crippen LogP) is 0.166. The fourth-order valence-corrected chi connectivity index (χ4v) is 1.15. The highest BCUT2D eigenvalue weighted by Crippen LogP contribution is 2.09. The summed E-state index contributed by atoms with van der Waals surface area (Å²) in [5, 5.41) is 2.24. The second-order valence-electron chi connectivity index (χ2n) is 2.91. The second-order valence-corrected chi connectivity index (χ2v) is 2.91. The van der Waals surface area contributed by atoms with Crippen LogP contribution in [0.15, 0.2) is 17.3 Å². The molecule has 1 aliphatic rings. The van der Waals surface area contributed by atoms with E-state index >= 15 is 0 Å². The van der Waals surface area contributed by atoms with Crippen LogP contribution in [0, 0.1) is 4.91 Å². The molecular formula is C8H12N2O3. The summed E-state index contributed by atoms with van der Waals surface area (Å²) in [6.07, 6.45) is 3.14. The highest BCUT2D eigenvalue weighted by molar-refractivity contribution is 5.88. The van der Waals surface area contributed by atoms with Crippen molar-refractivity contribution in [3.05, 3.63) is 17.1 Å². The Labute approximate surface area is 76.3 Å². The largest absolute Gasteiger partial charge is 0.379 e. The van der Waals surface area contributed by atoms with Crippen LogP contribution in [0.2, 0.25) is 0 Å². The first-order chi connectivity index (χ1) is 6.26. The van der Waals surface area contributed by atoms with Gasteiger partial charge in [0.1, 0.15) is 0 Å². The predicted molar refractivity (Wildman–Crippen MR) is 47.2 cm³/mol. The first-order valence-electron chi connectivity index (χ1n) is 4.05. The van der Waals surface area contributed by atoms with E-state index in [9.17, 15) is 9.70 Å². The van der Waals surface area contributed by atoms with Crippen LogP contribution in [0.5, 0.6) is 0 Å². The molecule has 13 heavy (non-hydrogen) atoms. The van der Waals surface area contributed by atoms with Gasteiger partial charge in [-0.2, -0.15) is 0 Å². The van der Waals surface area contributed by atoms with Crippen LogP contribution in [0.25, 0.3) is 0 Å². The van der Waals surface area contributed by atoms with Gasteiger partial charge in [-0.15, -0.1) is 4.91 Å². The Balaban J connectivity index is 2.11. The van der Waals surface area contributed by atoms with Gasteiger partial charge in [0.2, 0.25) is 0 Å². The smallest absolute Gasteiger partial charge is 0.309 e. The third kappa shape index (κ3) is 3.04. The van der Waals surface area contributed by atoms with Gasteiger partial charge in [0, 0.05) is 38.0 Å². The van der Waals surface area contributed by atoms with Crippen molar-refractivity contribution in [1.29, 1.82) is 0 Å². The molecule has 1 fully saturated rings. The molecule has 0 spiro atoms. The van der Waals surface area contributed by atoms with Crippen molar-refractivity contribution in [2.75, 3.05) is 26.7 Å². The van der Waals surface area contributed by atoms with E-state index in [2.05, 4.69) is 10.1 Å². The van der Waals surface area contributed by atoms with Gasteiger partial charge in [-0.1, -0.05) is 6.08 Å². The molecule has 1 amide bonds. The van der Waals surface area contributed by atoms with Crippen molar-refractivity contribution in [3.63, 3.8) is 0 Å². The standard InChI is InChI=1S/C8H12N2O3/c1-13-7-5-10(6-7)4-2-3-8(11)9-12/h2-3,7H,4-6H2,1H3/b3-2+. The highest BCUT2D eigenvalue weighted by Gasteiger charge is 2.24. The summed E-state index contributed by atoms with van der Waals surface area (Å²) >= 11 is 0. The Morgan fingerprint density at radius 3 is 2.92 bits per heavy atom. The zero-order valence-electron chi connectivity index (χ0n) is 7.47. The highest BCUT2D eigenvalue weighted by atomic mass is 16.5. The third-order valence-corrected chi connectivity index (χ3v) is 1.97. The lowest BCUT2D eigenvalue weighted by Crippen LogP contribution is -2.51. The Kier molecular flexibility index (Phi) is 3.72. The number of carbonyl (C=O) groups excluding carboxylic acids is 1. The fourth-order valence-electron chi connectivity index (χ4n) is 1.15. The average Bonchev–Trinajstić information content (AvgIpc) is 2.08. The number of amides is 1. The zero-order valence-corrected chi connectivity index (χ0v) is 7.47. The van der Waals surface area contributed by atoms with Crippen LogP contribution >= 0.6 is 0 Å². The molecule has 1 saturated heterocycles. The molecule has 0 bridgehead atoms. The van der Waals surface area contributed by atoms with Gasteiger partial charge in [0.25, 0.3) is 0 Å². The fraction of sp³-hybridized carbons (Fsp3) is 0.625. The van der Waals surface area contributed by atoms with E-state index in [0.29, 0.717) is 12.6 Å². The zero-order chi connectivity index (χ0) is 9.68. The van der Waals surface area contributed by atoms with Gasteiger partial charge in [0.15, 0.2) is 0 Å². The summed E-state index contributed by atoms with van der Waals surface area (Å²) < 4.78 is 5.06. The number of carbonyl (C=O) groups is 1. The number of hydrogen-bond acceptors (Lipinski definition) is 4. The number of ether oxygens (including phenoxy) is 1. The molecule has 5 nitrogen and oxygen atoms in total. The Hall–Kier alpha value is -1.07. The number of nitroso groups, excluding NO2 is 1. The third-order valence-electron chi connectivity index (χ3n) is 1.97. The monoisotopic (exact) mass is 184 g/mol. The number of likely N-dealkylation sites (tertiary alicyclic amines) is 1. The van der Waals surface area contributed by atoms with Crippen molar-refractivity contribution in [3.8, 4) is 0 Å². The normalized spacial score (nSPS) is 18.8. The minimum absolute atomic E-state index is 0.313. The maximum atomic E-state index is 10.4. The van der Waals surface area contributed by atoms with Gasteiger partial charge >= 0.3 is 5.91 Å². The first-order valence-corrected chi connectivity index (χ1v) is 4.05. The number of nitrogens with zero attached hydrogens (tertiary/aromatic N) is 2. The molecule has 0 aromatic carbocycles. The average molecular weight is 184 g/mol. The van der Waals surface area contributed by atoms with Crippen molar-refractivity contribution in [1.82, 2.24) is 4.90 Å². The van der Waals surface area contributed by atoms with E-state index in [4.69, 9.17) is 4.74 Å². The van der Waals surface area contributed by atoms with E-state index in [1.54, 1.807) is 13.2 Å². The molecule has 0 radical (unpaired) electrons. The van der Waals surface area contributed by atoms with Crippen molar-refractivity contribution in [2.24, 2.45) is 5.18 Å². The minimum Gasteiger partial charge on any atom is -0.379 e. The number of hydrogen-bond donors (Lipinski definition) is 0. The summed E-state index contributed by atoms with van der Waals surface area (Å²) in [6, 6.07) is 0. The molecular weight excluding hydrogens is 172 g/mol. The van der Waals surface area contributed by atoms with E-state index in [1.165, 1.54) is 6.08 Å². The maximum absolute atomic E-state index is 10.4. The van der Waals surface area contributed by atoms with Gasteiger partial charge < -0.3 is 4.74 Å². The van der Waals surface area contributed by atoms with E-state index in [-0.39, 0.29) is 0 Å². The second kappa shape index (κ2) is 4.84. The van der Waals surface area contributed by atoms with Gasteiger partial charge in [-0.05, 0) is 0 Å². The molecule has 0 aliphatic carbocycles. The molecule has 5 heteroatoms. The van der Waals surface area contributed by atoms with E-state index < -0.39 is 5.91 Å². The molecule has 0 unspecified atom stereocenters. The molecule has 0 aromatic rings. The van der Waals surface area contributed by atoms with Crippen LogP contribution in [-0.2, 0) is 9.53 Å². The summed E-state index contributed by atoms with van der Waals surface area (Å²) in [6.45, 7) is 2.42. The van der Waals surface area contributed by atoms with Crippen molar-refractivity contribution < 1.29 is 9.53 Å². The number of rotatable bonds is 4. The van der Waals surface area contributed by atoms with Crippen molar-refractivity contribution in [2.45, 2.75) is 6.10 Å². The summed E-state index contributed by atoms with van der Waals surface area (Å²) in [5.41, 5.74) is 0. The summed E-state index contributed by atoms with van der Waals surface area (Å²) in [5.74, 6) is -0.733. The topological polar surface area (TPSA) is 59.0 Å². The molecule has 72 valence electrons. The molecule has 1 heterocycles. The molecule has 1 aliphatic heterocycles. The molecule has 1 rings (SSSR count). The summed E-state index contributed by atoms with van der Waals surface area (Å²) in [7, 11) is 1.68. The molecule has 0 saturated carbocycles. The molecule has 0 aromatic heterocycles. The van der Waals surface area contributed by atoms with Gasteiger partial charge in [0.05, 0.1) is 6.10 Å². The number of methoxy groups -OCH3 is 1. The SMILES string of the molecule is COC1CN(C/C=C/C(=O)N=O)C1. The summed E-state index contributed by atoms with van der Waals surface area (Å²) in [4.78, 5) is 22.2. The lowest BCUT2D eigenvalue weighted by Gasteiger charge is -2.37. The maximum Gasteiger partial charge on any atom is 0.309 e. The Morgan fingerprint density at radius 1 is 1.69 bits per heavy atom. The van der Waals surface area contributed by atoms with Crippen LogP contribution < -0.4 is 0 Å². The van der Waals surface area contributed by atoms with E-state index in [0.717, 1.165) is 13.1 Å². The Bertz CT molecular complexity index is 221. The molecule has 0 atom stereocenters. The molecule has 0 N–H and O–H groups in total. The van der Waals surface area contributed by atoms with Gasteiger partial charge in [-0.3, -0.25) is 9.69 Å². The van der Waals surface area contributed by atoms with Gasteiger partial charge in [-0.25, -0.2) is 0 Å². The first kappa shape index (κ1) is 10.0. The van der Waals surface area contributed by atoms with E-state index in [1.807, 2.05) is 0 Å². The van der Waals surface area contributed by atoms with Crippen LogP contribution in [0.1, 0.15) is 0 Å². The quantitative estimate of drug-likeness (QED) is 0.461. The van der Waals surface area contributed by atoms with Crippen molar-refractivity contribution >= 4 is 5.91 Å². The lowest BCUT2D eigenvalue weighted by molar-refractivity contribution is -0.113. The van der Waals surface area contributed by atoms with Crippen LogP contribution in [0.4, 0.5) is 0 Å².